The normalized spacial score (nSPS) is 10.8. The number of aryl methyl sites for hydroxylation is 2. The van der Waals surface area contributed by atoms with Crippen molar-refractivity contribution < 1.29 is 4.79 Å². The minimum absolute atomic E-state index is 0.0390. The molecule has 0 amide bonds. The number of carbonyl (C=O) groups is 1. The number of Topliss-reactive ketones (excluding diaryl/α,β-unsaturated/α-hetero) is 1. The van der Waals surface area contributed by atoms with Crippen molar-refractivity contribution in [2.24, 2.45) is 0 Å². The first-order chi connectivity index (χ1) is 7.49. The molecule has 0 saturated carbocycles. The van der Waals surface area contributed by atoms with Gasteiger partial charge in [0, 0.05) is 21.7 Å². The summed E-state index contributed by atoms with van der Waals surface area (Å²) < 4.78 is 0. The Morgan fingerprint density at radius 3 is 2.56 bits per heavy atom. The molecule has 0 unspecified atom stereocenters. The second-order valence-electron chi connectivity index (χ2n) is 3.99. The Morgan fingerprint density at radius 2 is 1.94 bits per heavy atom. The Bertz CT molecular complexity index is 590. The van der Waals surface area contributed by atoms with Crippen LogP contribution in [0.3, 0.4) is 0 Å². The second-order valence-corrected chi connectivity index (χ2v) is 4.42. The van der Waals surface area contributed by atoms with Crippen molar-refractivity contribution >= 4 is 28.3 Å². The third kappa shape index (κ3) is 1.81. The minimum atomic E-state index is 0.0390. The number of ketones is 1. The van der Waals surface area contributed by atoms with E-state index in [0.29, 0.717) is 10.6 Å². The lowest BCUT2D eigenvalue weighted by atomic mass is 10.0. The number of fused-ring (bicyclic) bond motifs is 1. The number of halogens is 1. The maximum Gasteiger partial charge on any atom is 0.160 e. The summed E-state index contributed by atoms with van der Waals surface area (Å²) in [5, 5.41) is 1.47. The third-order valence-corrected chi connectivity index (χ3v) is 2.79. The molecule has 16 heavy (non-hydrogen) atoms. The highest BCUT2D eigenvalue weighted by atomic mass is 35.5. The van der Waals surface area contributed by atoms with E-state index in [1.54, 1.807) is 19.1 Å². The Hall–Kier alpha value is -1.41. The van der Waals surface area contributed by atoms with Crippen molar-refractivity contribution in [1.29, 1.82) is 0 Å². The lowest BCUT2D eigenvalue weighted by Gasteiger charge is -2.08. The fraction of sp³-hybridized carbons (Fsp3) is 0.231. The van der Waals surface area contributed by atoms with Crippen LogP contribution in [-0.4, -0.2) is 10.8 Å². The fourth-order valence-electron chi connectivity index (χ4n) is 1.88. The van der Waals surface area contributed by atoms with Crippen molar-refractivity contribution in [3.8, 4) is 0 Å². The number of benzene rings is 1. The van der Waals surface area contributed by atoms with Crippen molar-refractivity contribution in [3.63, 3.8) is 0 Å². The topological polar surface area (TPSA) is 30.0 Å². The van der Waals surface area contributed by atoms with Gasteiger partial charge in [-0.25, -0.2) is 0 Å². The fourth-order valence-corrected chi connectivity index (χ4v) is 2.15. The number of hydrogen-bond donors (Lipinski definition) is 0. The SMILES string of the molecule is CC(=O)c1cc(C)nc2c(C)cc(Cl)cc12. The highest BCUT2D eigenvalue weighted by Crippen LogP contribution is 2.26. The molecule has 0 radical (unpaired) electrons. The van der Waals surface area contributed by atoms with Crippen molar-refractivity contribution in [2.75, 3.05) is 0 Å². The molecule has 3 heteroatoms. The first kappa shape index (κ1) is 11.1. The molecular formula is C13H12ClNO. The quantitative estimate of drug-likeness (QED) is 0.703. The summed E-state index contributed by atoms with van der Waals surface area (Å²) in [6.07, 6.45) is 0. The number of nitrogens with zero attached hydrogens (tertiary/aromatic N) is 1. The van der Waals surface area contributed by atoms with E-state index >= 15 is 0 Å². The van der Waals surface area contributed by atoms with Crippen LogP contribution in [-0.2, 0) is 0 Å². The Labute approximate surface area is 99.3 Å². The number of hydrogen-bond acceptors (Lipinski definition) is 2. The number of carbonyl (C=O) groups excluding carboxylic acids is 1. The van der Waals surface area contributed by atoms with Crippen LogP contribution in [0.5, 0.6) is 0 Å². The van der Waals surface area contributed by atoms with Crippen molar-refractivity contribution in [3.05, 3.63) is 40.0 Å². The maximum atomic E-state index is 11.6. The molecular weight excluding hydrogens is 222 g/mol. The Morgan fingerprint density at radius 1 is 1.25 bits per heavy atom. The summed E-state index contributed by atoms with van der Waals surface area (Å²) in [4.78, 5) is 16.0. The van der Waals surface area contributed by atoms with Crippen molar-refractivity contribution in [1.82, 2.24) is 4.98 Å². The third-order valence-electron chi connectivity index (χ3n) is 2.58. The van der Waals surface area contributed by atoms with E-state index in [1.807, 2.05) is 19.9 Å². The molecule has 0 aliphatic heterocycles. The van der Waals surface area contributed by atoms with Gasteiger partial charge in [0.25, 0.3) is 0 Å². The van der Waals surface area contributed by atoms with E-state index in [1.165, 1.54) is 0 Å². The molecule has 1 aromatic heterocycles. The highest BCUT2D eigenvalue weighted by Gasteiger charge is 2.10. The van der Waals surface area contributed by atoms with Gasteiger partial charge < -0.3 is 0 Å². The molecule has 82 valence electrons. The molecule has 0 spiro atoms. The summed E-state index contributed by atoms with van der Waals surface area (Å²) in [5.41, 5.74) is 3.39. The first-order valence-electron chi connectivity index (χ1n) is 5.07. The predicted octanol–water partition coefficient (Wildman–Crippen LogP) is 3.71. The number of pyridine rings is 1. The van der Waals surface area contributed by atoms with Crippen LogP contribution in [0, 0.1) is 13.8 Å². The molecule has 0 N–H and O–H groups in total. The average molecular weight is 234 g/mol. The zero-order valence-electron chi connectivity index (χ0n) is 9.47. The first-order valence-corrected chi connectivity index (χ1v) is 5.45. The van der Waals surface area contributed by atoms with Crippen LogP contribution in [0.25, 0.3) is 10.9 Å². The van der Waals surface area contributed by atoms with Crippen LogP contribution in [0.1, 0.15) is 28.5 Å². The number of rotatable bonds is 1. The zero-order chi connectivity index (χ0) is 11.9. The van der Waals surface area contributed by atoms with Crippen LogP contribution >= 0.6 is 11.6 Å². The lowest BCUT2D eigenvalue weighted by Crippen LogP contribution is -1.98. The van der Waals surface area contributed by atoms with Gasteiger partial charge in [0.2, 0.25) is 0 Å². The molecule has 2 aromatic rings. The molecule has 0 aliphatic carbocycles. The number of aromatic nitrogens is 1. The summed E-state index contributed by atoms with van der Waals surface area (Å²) in [6, 6.07) is 5.47. The molecule has 0 atom stereocenters. The van der Waals surface area contributed by atoms with Gasteiger partial charge in [0.1, 0.15) is 0 Å². The average Bonchev–Trinajstić information content (AvgIpc) is 2.18. The van der Waals surface area contributed by atoms with Gasteiger partial charge in [-0.05, 0) is 44.5 Å². The van der Waals surface area contributed by atoms with Gasteiger partial charge in [-0.15, -0.1) is 0 Å². The van der Waals surface area contributed by atoms with Gasteiger partial charge in [-0.3, -0.25) is 9.78 Å². The molecule has 1 aromatic carbocycles. The minimum Gasteiger partial charge on any atom is -0.294 e. The van der Waals surface area contributed by atoms with Crippen LogP contribution < -0.4 is 0 Å². The van der Waals surface area contributed by atoms with Gasteiger partial charge in [-0.2, -0.15) is 0 Å². The molecule has 2 nitrogen and oxygen atoms in total. The van der Waals surface area contributed by atoms with Gasteiger partial charge in [0.05, 0.1) is 5.52 Å². The highest BCUT2D eigenvalue weighted by molar-refractivity contribution is 6.31. The van der Waals surface area contributed by atoms with Crippen LogP contribution in [0.15, 0.2) is 18.2 Å². The van der Waals surface area contributed by atoms with E-state index < -0.39 is 0 Å². The van der Waals surface area contributed by atoms with E-state index in [9.17, 15) is 4.79 Å². The predicted molar refractivity (Wildman–Crippen MR) is 66.2 cm³/mol. The summed E-state index contributed by atoms with van der Waals surface area (Å²) in [7, 11) is 0. The molecule has 0 saturated heterocycles. The molecule has 0 bridgehead atoms. The molecule has 0 fully saturated rings. The van der Waals surface area contributed by atoms with Crippen molar-refractivity contribution in [2.45, 2.75) is 20.8 Å². The zero-order valence-corrected chi connectivity index (χ0v) is 10.2. The Balaban J connectivity index is 2.95. The summed E-state index contributed by atoms with van der Waals surface area (Å²) >= 11 is 6.00. The van der Waals surface area contributed by atoms with E-state index in [-0.39, 0.29) is 5.78 Å². The smallest absolute Gasteiger partial charge is 0.160 e. The maximum absolute atomic E-state index is 11.6. The van der Waals surface area contributed by atoms with Gasteiger partial charge in [-0.1, -0.05) is 11.6 Å². The summed E-state index contributed by atoms with van der Waals surface area (Å²) in [6.45, 7) is 5.40. The van der Waals surface area contributed by atoms with E-state index in [0.717, 1.165) is 22.2 Å². The lowest BCUT2D eigenvalue weighted by molar-refractivity contribution is 0.101. The second kappa shape index (κ2) is 3.87. The van der Waals surface area contributed by atoms with E-state index in [4.69, 9.17) is 11.6 Å². The van der Waals surface area contributed by atoms with Gasteiger partial charge in [0.15, 0.2) is 5.78 Å². The molecule has 2 rings (SSSR count). The van der Waals surface area contributed by atoms with Crippen LogP contribution in [0.4, 0.5) is 0 Å². The largest absolute Gasteiger partial charge is 0.294 e. The summed E-state index contributed by atoms with van der Waals surface area (Å²) in [5.74, 6) is 0.0390. The van der Waals surface area contributed by atoms with Crippen LogP contribution in [0.2, 0.25) is 5.02 Å². The monoisotopic (exact) mass is 233 g/mol. The Kier molecular flexibility index (Phi) is 2.68. The van der Waals surface area contributed by atoms with Gasteiger partial charge >= 0.3 is 0 Å². The molecule has 1 heterocycles. The molecule has 0 aliphatic rings. The standard InChI is InChI=1S/C13H12ClNO/c1-7-4-10(14)6-12-11(9(3)16)5-8(2)15-13(7)12/h4-6H,1-3H3. The van der Waals surface area contributed by atoms with E-state index in [2.05, 4.69) is 4.98 Å².